The van der Waals surface area contributed by atoms with Crippen molar-refractivity contribution in [3.05, 3.63) is 58.6 Å². The molecule has 34 heavy (non-hydrogen) atoms. The third-order valence-corrected chi connectivity index (χ3v) is 7.22. The number of nitro groups is 1. The number of methoxy groups -OCH3 is 1. The molecule has 12 heteroatoms. The lowest BCUT2D eigenvalue weighted by Gasteiger charge is -2.34. The maximum absolute atomic E-state index is 12.9. The Kier molecular flexibility index (Phi) is 8.42. The van der Waals surface area contributed by atoms with Crippen LogP contribution in [0.1, 0.15) is 13.3 Å². The van der Waals surface area contributed by atoms with Crippen LogP contribution in [-0.4, -0.2) is 74.6 Å². The number of esters is 1. The summed E-state index contributed by atoms with van der Waals surface area (Å²) in [6.07, 6.45) is -0.617. The van der Waals surface area contributed by atoms with Gasteiger partial charge in [0.1, 0.15) is 11.5 Å². The summed E-state index contributed by atoms with van der Waals surface area (Å²) in [6, 6.07) is 11.9. The van der Waals surface area contributed by atoms with E-state index in [1.165, 1.54) is 48.7 Å². The van der Waals surface area contributed by atoms with Crippen LogP contribution in [-0.2, 0) is 19.6 Å². The molecule has 1 aliphatic heterocycles. The largest absolute Gasteiger partial charge is 0.497 e. The number of carbonyl (C=O) groups excluding carboxylic acids is 1. The number of sulfonamides is 1. The summed E-state index contributed by atoms with van der Waals surface area (Å²) >= 11 is 0. The first-order valence-corrected chi connectivity index (χ1v) is 12.1. The standard InChI is InChI=1S/C22H27N3O8S/c1-17(26)32-22(33-20-5-3-4-18(16-20)25(27)28)10-11-23-12-14-24(15-13-23)34(29,30)21-8-6-19(31-2)7-9-21/h3-9,16,22H,10-15H2,1-2H3. The van der Waals surface area contributed by atoms with Crippen molar-refractivity contribution in [3.63, 3.8) is 0 Å². The summed E-state index contributed by atoms with van der Waals surface area (Å²) < 4.78 is 43.2. The molecule has 1 heterocycles. The zero-order valence-electron chi connectivity index (χ0n) is 19.0. The summed E-state index contributed by atoms with van der Waals surface area (Å²) in [5, 5.41) is 11.0. The minimum Gasteiger partial charge on any atom is -0.497 e. The van der Waals surface area contributed by atoms with Crippen molar-refractivity contribution in [2.75, 3.05) is 39.8 Å². The van der Waals surface area contributed by atoms with E-state index in [0.29, 0.717) is 44.9 Å². The van der Waals surface area contributed by atoms with E-state index in [2.05, 4.69) is 0 Å². The van der Waals surface area contributed by atoms with Crippen molar-refractivity contribution < 1.29 is 32.3 Å². The minimum atomic E-state index is -3.61. The van der Waals surface area contributed by atoms with E-state index in [1.807, 2.05) is 4.90 Å². The van der Waals surface area contributed by atoms with Crippen molar-refractivity contribution in [2.24, 2.45) is 0 Å². The van der Waals surface area contributed by atoms with Crippen LogP contribution < -0.4 is 9.47 Å². The van der Waals surface area contributed by atoms with Crippen molar-refractivity contribution in [1.82, 2.24) is 9.21 Å². The maximum Gasteiger partial charge on any atom is 0.305 e. The molecule has 11 nitrogen and oxygen atoms in total. The third kappa shape index (κ3) is 6.65. The SMILES string of the molecule is COc1ccc(S(=O)(=O)N2CCN(CCC(OC(C)=O)Oc3cccc([N+](=O)[O-])c3)CC2)cc1. The Morgan fingerprint density at radius 1 is 1.09 bits per heavy atom. The molecule has 0 amide bonds. The molecule has 1 aliphatic rings. The highest BCUT2D eigenvalue weighted by atomic mass is 32.2. The summed E-state index contributed by atoms with van der Waals surface area (Å²) in [6.45, 7) is 3.38. The number of non-ortho nitro benzene ring substituents is 1. The Morgan fingerprint density at radius 2 is 1.76 bits per heavy atom. The Morgan fingerprint density at radius 3 is 2.35 bits per heavy atom. The van der Waals surface area contributed by atoms with Gasteiger partial charge in [-0.1, -0.05) is 6.07 Å². The van der Waals surface area contributed by atoms with Gasteiger partial charge in [-0.05, 0) is 30.3 Å². The zero-order chi connectivity index (χ0) is 24.7. The van der Waals surface area contributed by atoms with E-state index in [4.69, 9.17) is 14.2 Å². The van der Waals surface area contributed by atoms with Gasteiger partial charge in [-0.15, -0.1) is 0 Å². The van der Waals surface area contributed by atoms with E-state index in [1.54, 1.807) is 18.2 Å². The fraction of sp³-hybridized carbons (Fsp3) is 0.409. The molecule has 0 radical (unpaired) electrons. The number of nitro benzene ring substituents is 1. The van der Waals surface area contributed by atoms with Gasteiger partial charge < -0.3 is 19.1 Å². The Balaban J connectivity index is 1.55. The van der Waals surface area contributed by atoms with Crippen molar-refractivity contribution in [1.29, 1.82) is 0 Å². The molecular formula is C22H27N3O8S. The molecule has 1 unspecified atom stereocenters. The molecule has 1 saturated heterocycles. The molecule has 1 atom stereocenters. The average molecular weight is 494 g/mol. The summed E-state index contributed by atoms with van der Waals surface area (Å²) in [5.74, 6) is 0.264. The predicted octanol–water partition coefficient (Wildman–Crippen LogP) is 2.27. The molecule has 184 valence electrons. The van der Waals surface area contributed by atoms with Crippen LogP contribution in [0.2, 0.25) is 0 Å². The number of piperazine rings is 1. The smallest absolute Gasteiger partial charge is 0.305 e. The van der Waals surface area contributed by atoms with E-state index in [9.17, 15) is 23.3 Å². The van der Waals surface area contributed by atoms with E-state index in [-0.39, 0.29) is 16.3 Å². The zero-order valence-corrected chi connectivity index (χ0v) is 19.8. The summed E-state index contributed by atoms with van der Waals surface area (Å²) in [5.41, 5.74) is -0.131. The van der Waals surface area contributed by atoms with Crippen molar-refractivity contribution in [2.45, 2.75) is 24.5 Å². The monoisotopic (exact) mass is 493 g/mol. The number of nitrogens with zero attached hydrogens (tertiary/aromatic N) is 3. The molecule has 1 fully saturated rings. The highest BCUT2D eigenvalue weighted by Gasteiger charge is 2.29. The molecular weight excluding hydrogens is 466 g/mol. The van der Waals surface area contributed by atoms with Crippen LogP contribution in [0.15, 0.2) is 53.4 Å². The summed E-state index contributed by atoms with van der Waals surface area (Å²) in [7, 11) is -2.09. The lowest BCUT2D eigenvalue weighted by Crippen LogP contribution is -2.49. The Labute approximate surface area is 198 Å². The number of carbonyl (C=O) groups is 1. The Bertz CT molecular complexity index is 1100. The highest BCUT2D eigenvalue weighted by Crippen LogP contribution is 2.23. The summed E-state index contributed by atoms with van der Waals surface area (Å²) in [4.78, 5) is 24.2. The first-order chi connectivity index (χ1) is 16.2. The molecule has 0 N–H and O–H groups in total. The second-order valence-corrected chi connectivity index (χ2v) is 9.56. The first-order valence-electron chi connectivity index (χ1n) is 10.6. The van der Waals surface area contributed by atoms with Gasteiger partial charge in [-0.25, -0.2) is 8.42 Å². The fourth-order valence-corrected chi connectivity index (χ4v) is 4.95. The van der Waals surface area contributed by atoms with Gasteiger partial charge in [0, 0.05) is 52.1 Å². The van der Waals surface area contributed by atoms with Gasteiger partial charge in [-0.3, -0.25) is 14.9 Å². The number of ether oxygens (including phenoxy) is 3. The van der Waals surface area contributed by atoms with Gasteiger partial charge in [0.05, 0.1) is 23.0 Å². The van der Waals surface area contributed by atoms with Crippen LogP contribution in [0.3, 0.4) is 0 Å². The lowest BCUT2D eigenvalue weighted by molar-refractivity contribution is -0.385. The van der Waals surface area contributed by atoms with Crippen LogP contribution in [0.25, 0.3) is 0 Å². The quantitative estimate of drug-likeness (QED) is 0.212. The molecule has 3 rings (SSSR count). The highest BCUT2D eigenvalue weighted by molar-refractivity contribution is 7.89. The van der Waals surface area contributed by atoms with E-state index in [0.717, 1.165) is 0 Å². The number of hydrogen-bond donors (Lipinski definition) is 0. The molecule has 2 aromatic carbocycles. The second kappa shape index (κ2) is 11.3. The van der Waals surface area contributed by atoms with Crippen LogP contribution in [0.4, 0.5) is 5.69 Å². The minimum absolute atomic E-state index is 0.131. The predicted molar refractivity (Wildman–Crippen MR) is 122 cm³/mol. The van der Waals surface area contributed by atoms with Crippen molar-refractivity contribution in [3.8, 4) is 11.5 Å². The Hall–Kier alpha value is -3.22. The molecule has 2 aromatic rings. The molecule has 0 bridgehead atoms. The van der Waals surface area contributed by atoms with E-state index >= 15 is 0 Å². The second-order valence-electron chi connectivity index (χ2n) is 7.62. The molecule has 0 saturated carbocycles. The third-order valence-electron chi connectivity index (χ3n) is 5.30. The fourth-order valence-electron chi connectivity index (χ4n) is 3.53. The topological polar surface area (TPSA) is 129 Å². The van der Waals surface area contributed by atoms with E-state index < -0.39 is 27.2 Å². The molecule has 0 spiro atoms. The normalized spacial score (nSPS) is 15.9. The average Bonchev–Trinajstić information content (AvgIpc) is 2.82. The molecule has 0 aromatic heterocycles. The van der Waals surface area contributed by atoms with Gasteiger partial charge in [0.15, 0.2) is 0 Å². The van der Waals surface area contributed by atoms with Gasteiger partial charge in [0.25, 0.3) is 5.69 Å². The van der Waals surface area contributed by atoms with Crippen LogP contribution in [0, 0.1) is 10.1 Å². The van der Waals surface area contributed by atoms with Crippen molar-refractivity contribution >= 4 is 21.7 Å². The van der Waals surface area contributed by atoms with Gasteiger partial charge >= 0.3 is 5.97 Å². The maximum atomic E-state index is 12.9. The van der Waals surface area contributed by atoms with Gasteiger partial charge in [0.2, 0.25) is 16.3 Å². The number of benzene rings is 2. The first kappa shape index (κ1) is 25.4. The van der Waals surface area contributed by atoms with Crippen LogP contribution in [0.5, 0.6) is 11.5 Å². The molecule has 0 aliphatic carbocycles. The number of rotatable bonds is 10. The van der Waals surface area contributed by atoms with Crippen LogP contribution >= 0.6 is 0 Å². The lowest BCUT2D eigenvalue weighted by atomic mass is 10.3. The van der Waals surface area contributed by atoms with Gasteiger partial charge in [-0.2, -0.15) is 4.31 Å². The number of hydrogen-bond acceptors (Lipinski definition) is 9.